The minimum Gasteiger partial charge on any atom is -0.388 e. The van der Waals surface area contributed by atoms with Crippen molar-refractivity contribution in [3.63, 3.8) is 0 Å². The number of rotatable bonds is 4. The highest BCUT2D eigenvalue weighted by atomic mass is 35.5. The molecule has 0 atom stereocenters. The van der Waals surface area contributed by atoms with Crippen LogP contribution in [-0.2, 0) is 10.3 Å². The summed E-state index contributed by atoms with van der Waals surface area (Å²) < 4.78 is 0. The molecule has 4 rings (SSSR count). The van der Waals surface area contributed by atoms with Gasteiger partial charge in [-0.15, -0.1) is 0 Å². The van der Waals surface area contributed by atoms with Crippen molar-refractivity contribution in [2.24, 2.45) is 5.16 Å². The Morgan fingerprint density at radius 2 is 1.71 bits per heavy atom. The summed E-state index contributed by atoms with van der Waals surface area (Å²) in [4.78, 5) is 20.6. The largest absolute Gasteiger partial charge is 0.388 e. The minimum absolute atomic E-state index is 0.0335. The molecule has 4 nitrogen and oxygen atoms in total. The topological polar surface area (TPSA) is 41.9 Å². The lowest BCUT2D eigenvalue weighted by Gasteiger charge is -2.36. The molecule has 1 saturated heterocycles. The van der Waals surface area contributed by atoms with E-state index in [4.69, 9.17) is 16.4 Å². The molecule has 2 aliphatic heterocycles. The zero-order valence-electron chi connectivity index (χ0n) is 18.4. The summed E-state index contributed by atoms with van der Waals surface area (Å²) in [6.45, 7) is 8.20. The van der Waals surface area contributed by atoms with Crippen LogP contribution in [0.2, 0.25) is 5.02 Å². The number of nitrogens with zero attached hydrogens (tertiary/aromatic N) is 2. The number of hydrogen-bond donors (Lipinski definition) is 0. The highest BCUT2D eigenvalue weighted by Gasteiger charge is 2.41. The molecular formula is C26H29ClN2O2. The number of piperidine rings is 1. The molecule has 31 heavy (non-hydrogen) atoms. The van der Waals surface area contributed by atoms with Gasteiger partial charge in [0.1, 0.15) is 5.60 Å². The lowest BCUT2D eigenvalue weighted by Crippen LogP contribution is -2.42. The summed E-state index contributed by atoms with van der Waals surface area (Å²) in [5.41, 5.74) is 3.84. The smallest absolute Gasteiger partial charge is 0.187 e. The van der Waals surface area contributed by atoms with Crippen molar-refractivity contribution in [2.45, 2.75) is 51.0 Å². The van der Waals surface area contributed by atoms with Crippen LogP contribution in [0.15, 0.2) is 66.0 Å². The highest BCUT2D eigenvalue weighted by molar-refractivity contribution is 6.30. The fraction of sp³-hybridized carbons (Fsp3) is 0.385. The Bertz CT molecular complexity index is 993. The number of oxime groups is 1. The SMILES string of the molecule is CC(C)(C)c1ccc(C(=O)C=CN2CCC3(CC2)CC(c2ccc(Cl)cc2)=NO3)cc1. The lowest BCUT2D eigenvalue weighted by molar-refractivity contribution is -0.0550. The Morgan fingerprint density at radius 1 is 1.06 bits per heavy atom. The third kappa shape index (κ3) is 5.01. The Morgan fingerprint density at radius 3 is 2.32 bits per heavy atom. The predicted molar refractivity (Wildman–Crippen MR) is 126 cm³/mol. The molecule has 0 aromatic heterocycles. The van der Waals surface area contributed by atoms with Crippen molar-refractivity contribution in [2.75, 3.05) is 13.1 Å². The van der Waals surface area contributed by atoms with Crippen LogP contribution < -0.4 is 0 Å². The monoisotopic (exact) mass is 436 g/mol. The van der Waals surface area contributed by atoms with Crippen LogP contribution >= 0.6 is 11.6 Å². The van der Waals surface area contributed by atoms with Crippen molar-refractivity contribution in [1.29, 1.82) is 0 Å². The molecule has 2 heterocycles. The normalized spacial score (nSPS) is 18.3. The van der Waals surface area contributed by atoms with Gasteiger partial charge in [0.15, 0.2) is 5.78 Å². The second-order valence-corrected chi connectivity index (χ2v) is 9.98. The molecule has 1 fully saturated rings. The second kappa shape index (κ2) is 8.51. The molecule has 0 bridgehead atoms. The molecule has 2 aliphatic rings. The van der Waals surface area contributed by atoms with E-state index in [1.165, 1.54) is 5.56 Å². The molecule has 0 saturated carbocycles. The summed E-state index contributed by atoms with van der Waals surface area (Å²) in [5.74, 6) is 0.0335. The Hall–Kier alpha value is -2.59. The molecule has 0 unspecified atom stereocenters. The summed E-state index contributed by atoms with van der Waals surface area (Å²) in [6.07, 6.45) is 6.17. The Balaban J connectivity index is 1.31. The zero-order chi connectivity index (χ0) is 22.1. The first-order chi connectivity index (χ1) is 14.7. The van der Waals surface area contributed by atoms with E-state index in [0.29, 0.717) is 0 Å². The third-order valence-electron chi connectivity index (χ3n) is 6.20. The number of allylic oxidation sites excluding steroid dienone is 1. The molecule has 1 spiro atoms. The number of benzene rings is 2. The van der Waals surface area contributed by atoms with Gasteiger partial charge < -0.3 is 9.74 Å². The van der Waals surface area contributed by atoms with Gasteiger partial charge in [0.2, 0.25) is 0 Å². The number of ketones is 1. The van der Waals surface area contributed by atoms with Crippen LogP contribution in [-0.4, -0.2) is 35.1 Å². The van der Waals surface area contributed by atoms with Gasteiger partial charge in [0, 0.05) is 55.2 Å². The standard InChI is InChI=1S/C26H29ClN2O2/c1-25(2,3)21-8-4-20(5-9-21)24(30)12-15-29-16-13-26(14-17-29)18-23(28-31-26)19-6-10-22(27)11-7-19/h4-12,15H,13-14,16-18H2,1-3H3. The van der Waals surface area contributed by atoms with Crippen molar-refractivity contribution < 1.29 is 9.63 Å². The Labute approximate surface area is 189 Å². The van der Waals surface area contributed by atoms with E-state index in [1.807, 2.05) is 54.7 Å². The number of carbonyl (C=O) groups is 1. The average Bonchev–Trinajstić information content (AvgIpc) is 3.17. The lowest BCUT2D eigenvalue weighted by atomic mass is 9.85. The average molecular weight is 437 g/mol. The van der Waals surface area contributed by atoms with Crippen molar-refractivity contribution in [3.05, 3.63) is 82.5 Å². The van der Waals surface area contributed by atoms with Gasteiger partial charge in [0.25, 0.3) is 0 Å². The maximum absolute atomic E-state index is 12.6. The van der Waals surface area contributed by atoms with Crippen molar-refractivity contribution >= 4 is 23.1 Å². The van der Waals surface area contributed by atoms with Crippen molar-refractivity contribution in [3.8, 4) is 0 Å². The first-order valence-corrected chi connectivity index (χ1v) is 11.2. The summed E-state index contributed by atoms with van der Waals surface area (Å²) in [6, 6.07) is 15.7. The van der Waals surface area contributed by atoms with E-state index in [0.717, 1.165) is 54.2 Å². The van der Waals surface area contributed by atoms with Gasteiger partial charge in [-0.3, -0.25) is 4.79 Å². The van der Waals surface area contributed by atoms with E-state index in [-0.39, 0.29) is 16.8 Å². The molecule has 162 valence electrons. The number of carbonyl (C=O) groups excluding carboxylic acids is 1. The summed E-state index contributed by atoms with van der Waals surface area (Å²) in [5, 5.41) is 5.08. The van der Waals surface area contributed by atoms with Crippen LogP contribution in [0.1, 0.15) is 61.5 Å². The number of hydrogen-bond acceptors (Lipinski definition) is 4. The van der Waals surface area contributed by atoms with E-state index in [9.17, 15) is 4.79 Å². The number of halogens is 1. The second-order valence-electron chi connectivity index (χ2n) is 9.54. The third-order valence-corrected chi connectivity index (χ3v) is 6.45. The van der Waals surface area contributed by atoms with Crippen LogP contribution in [0.3, 0.4) is 0 Å². The van der Waals surface area contributed by atoms with E-state index in [1.54, 1.807) is 6.08 Å². The van der Waals surface area contributed by atoms with Crippen LogP contribution in [0.25, 0.3) is 0 Å². The van der Waals surface area contributed by atoms with Gasteiger partial charge in [-0.2, -0.15) is 0 Å². The van der Waals surface area contributed by atoms with Crippen LogP contribution in [0, 0.1) is 0 Å². The van der Waals surface area contributed by atoms with Gasteiger partial charge in [-0.25, -0.2) is 0 Å². The van der Waals surface area contributed by atoms with Crippen LogP contribution in [0.5, 0.6) is 0 Å². The molecule has 2 aromatic carbocycles. The summed E-state index contributed by atoms with van der Waals surface area (Å²) >= 11 is 5.99. The zero-order valence-corrected chi connectivity index (χ0v) is 19.2. The molecule has 2 aromatic rings. The molecule has 0 N–H and O–H groups in total. The first-order valence-electron chi connectivity index (χ1n) is 10.8. The molecule has 0 amide bonds. The summed E-state index contributed by atoms with van der Waals surface area (Å²) in [7, 11) is 0. The molecule has 0 radical (unpaired) electrons. The fourth-order valence-electron chi connectivity index (χ4n) is 4.07. The molecule has 5 heteroatoms. The van der Waals surface area contributed by atoms with E-state index in [2.05, 4.69) is 30.8 Å². The van der Waals surface area contributed by atoms with Crippen LogP contribution in [0.4, 0.5) is 0 Å². The van der Waals surface area contributed by atoms with Gasteiger partial charge >= 0.3 is 0 Å². The van der Waals surface area contributed by atoms with E-state index < -0.39 is 0 Å². The number of likely N-dealkylation sites (tertiary alicyclic amines) is 1. The van der Waals surface area contributed by atoms with Gasteiger partial charge in [0.05, 0.1) is 5.71 Å². The quantitative estimate of drug-likeness (QED) is 0.436. The minimum atomic E-state index is -0.230. The Kier molecular flexibility index (Phi) is 5.94. The molecule has 0 aliphatic carbocycles. The van der Waals surface area contributed by atoms with Gasteiger partial charge in [-0.1, -0.05) is 73.9 Å². The first kappa shape index (κ1) is 21.6. The molecular weight excluding hydrogens is 408 g/mol. The van der Waals surface area contributed by atoms with E-state index >= 15 is 0 Å². The van der Waals surface area contributed by atoms with Gasteiger partial charge in [-0.05, 0) is 28.7 Å². The fourth-order valence-corrected chi connectivity index (χ4v) is 4.20. The maximum atomic E-state index is 12.6. The highest BCUT2D eigenvalue weighted by Crippen LogP contribution is 2.36. The predicted octanol–water partition coefficient (Wildman–Crippen LogP) is 5.99. The van der Waals surface area contributed by atoms with Crippen molar-refractivity contribution in [1.82, 2.24) is 4.90 Å². The maximum Gasteiger partial charge on any atom is 0.187 e.